The quantitative estimate of drug-likeness (QED) is 0.808. The number of ether oxygens (including phenoxy) is 1. The highest BCUT2D eigenvalue weighted by Gasteiger charge is 2.39. The maximum Gasteiger partial charge on any atom is 0.311 e. The number of hydrogen-bond acceptors (Lipinski definition) is 4. The average molecular weight is 333 g/mol. The van der Waals surface area contributed by atoms with Gasteiger partial charge < -0.3 is 14.7 Å². The SMILES string of the molecule is COc1ccc(C(=O)CCC(=O)N2CCCC(C)(C(=O)O)C2)cc1. The lowest BCUT2D eigenvalue weighted by molar-refractivity contribution is -0.153. The Kier molecular flexibility index (Phi) is 5.59. The Hall–Kier alpha value is -2.37. The molecule has 1 aliphatic heterocycles. The number of nitrogens with zero attached hydrogens (tertiary/aromatic N) is 1. The van der Waals surface area contributed by atoms with Crippen molar-refractivity contribution in [1.29, 1.82) is 0 Å². The van der Waals surface area contributed by atoms with E-state index in [0.717, 1.165) is 0 Å². The summed E-state index contributed by atoms with van der Waals surface area (Å²) in [5.74, 6) is -0.480. The second-order valence-corrected chi connectivity index (χ2v) is 6.44. The molecule has 0 saturated carbocycles. The molecule has 0 aromatic heterocycles. The van der Waals surface area contributed by atoms with Gasteiger partial charge in [0.1, 0.15) is 5.75 Å². The van der Waals surface area contributed by atoms with Gasteiger partial charge in [0, 0.05) is 31.5 Å². The zero-order chi connectivity index (χ0) is 17.7. The molecule has 24 heavy (non-hydrogen) atoms. The summed E-state index contributed by atoms with van der Waals surface area (Å²) in [6.07, 6.45) is 1.45. The molecule has 0 aliphatic carbocycles. The van der Waals surface area contributed by atoms with E-state index in [2.05, 4.69) is 0 Å². The van der Waals surface area contributed by atoms with Crippen LogP contribution in [0.5, 0.6) is 5.75 Å². The third-order valence-corrected chi connectivity index (χ3v) is 4.54. The van der Waals surface area contributed by atoms with Crippen LogP contribution in [0.3, 0.4) is 0 Å². The zero-order valence-electron chi connectivity index (χ0n) is 14.1. The third kappa shape index (κ3) is 4.13. The third-order valence-electron chi connectivity index (χ3n) is 4.54. The van der Waals surface area contributed by atoms with Gasteiger partial charge in [-0.15, -0.1) is 0 Å². The van der Waals surface area contributed by atoms with Crippen LogP contribution in [0.1, 0.15) is 43.0 Å². The predicted octanol–water partition coefficient (Wildman–Crippen LogP) is 2.37. The van der Waals surface area contributed by atoms with Crippen molar-refractivity contribution in [1.82, 2.24) is 4.90 Å². The molecule has 130 valence electrons. The summed E-state index contributed by atoms with van der Waals surface area (Å²) in [6.45, 7) is 2.42. The molecule has 1 amide bonds. The number of carboxylic acid groups (broad SMARTS) is 1. The molecular weight excluding hydrogens is 310 g/mol. The molecule has 0 bridgehead atoms. The van der Waals surface area contributed by atoms with Crippen molar-refractivity contribution < 1.29 is 24.2 Å². The Labute approximate surface area is 141 Å². The maximum atomic E-state index is 12.3. The molecule has 1 fully saturated rings. The van der Waals surface area contributed by atoms with Crippen molar-refractivity contribution >= 4 is 17.7 Å². The van der Waals surface area contributed by atoms with Crippen LogP contribution in [-0.4, -0.2) is 47.9 Å². The first kappa shape index (κ1) is 18.0. The van der Waals surface area contributed by atoms with Gasteiger partial charge in [-0.05, 0) is 44.0 Å². The van der Waals surface area contributed by atoms with Gasteiger partial charge in [-0.1, -0.05) is 0 Å². The van der Waals surface area contributed by atoms with Crippen LogP contribution in [0.4, 0.5) is 0 Å². The van der Waals surface area contributed by atoms with Crippen molar-refractivity contribution in [2.24, 2.45) is 5.41 Å². The molecule has 1 aromatic carbocycles. The number of ketones is 1. The van der Waals surface area contributed by atoms with Gasteiger partial charge >= 0.3 is 5.97 Å². The Bertz CT molecular complexity index is 625. The molecule has 1 aliphatic rings. The average Bonchev–Trinajstić information content (AvgIpc) is 2.59. The Balaban J connectivity index is 1.90. The minimum Gasteiger partial charge on any atom is -0.497 e. The highest BCUT2D eigenvalue weighted by molar-refractivity contribution is 5.98. The van der Waals surface area contributed by atoms with Crippen molar-refractivity contribution in [3.63, 3.8) is 0 Å². The summed E-state index contributed by atoms with van der Waals surface area (Å²) in [6, 6.07) is 6.76. The van der Waals surface area contributed by atoms with Crippen molar-refractivity contribution in [2.75, 3.05) is 20.2 Å². The molecule has 2 rings (SSSR count). The number of hydrogen-bond donors (Lipinski definition) is 1. The number of methoxy groups -OCH3 is 1. The van der Waals surface area contributed by atoms with Crippen LogP contribution < -0.4 is 4.74 Å². The summed E-state index contributed by atoms with van der Waals surface area (Å²) in [7, 11) is 1.55. The lowest BCUT2D eigenvalue weighted by Gasteiger charge is -2.37. The number of rotatable bonds is 6. The van der Waals surface area contributed by atoms with Gasteiger partial charge in [-0.3, -0.25) is 14.4 Å². The first-order chi connectivity index (χ1) is 11.4. The largest absolute Gasteiger partial charge is 0.497 e. The molecule has 1 heterocycles. The van der Waals surface area contributed by atoms with E-state index in [-0.39, 0.29) is 31.1 Å². The minimum absolute atomic E-state index is 0.0978. The fourth-order valence-electron chi connectivity index (χ4n) is 2.93. The van der Waals surface area contributed by atoms with Gasteiger partial charge in [0.05, 0.1) is 12.5 Å². The molecule has 0 spiro atoms. The van der Waals surface area contributed by atoms with E-state index in [1.54, 1.807) is 43.2 Å². The standard InChI is InChI=1S/C18H23NO5/c1-18(17(22)23)10-3-11-19(12-18)16(21)9-8-15(20)13-4-6-14(24-2)7-5-13/h4-7H,3,8-12H2,1-2H3,(H,22,23). The first-order valence-corrected chi connectivity index (χ1v) is 8.04. The van der Waals surface area contributed by atoms with Crippen LogP contribution in [0.2, 0.25) is 0 Å². The second-order valence-electron chi connectivity index (χ2n) is 6.44. The van der Waals surface area contributed by atoms with Crippen LogP contribution in [0.25, 0.3) is 0 Å². The maximum absolute atomic E-state index is 12.3. The molecule has 1 unspecified atom stereocenters. The van der Waals surface area contributed by atoms with E-state index in [0.29, 0.717) is 30.7 Å². The molecule has 1 saturated heterocycles. The van der Waals surface area contributed by atoms with Crippen LogP contribution in [0, 0.1) is 5.41 Å². The number of carboxylic acids is 1. The van der Waals surface area contributed by atoms with Crippen molar-refractivity contribution in [2.45, 2.75) is 32.6 Å². The second kappa shape index (κ2) is 7.47. The fourth-order valence-corrected chi connectivity index (χ4v) is 2.93. The lowest BCUT2D eigenvalue weighted by Crippen LogP contribution is -2.48. The lowest BCUT2D eigenvalue weighted by atomic mass is 9.82. The van der Waals surface area contributed by atoms with E-state index in [1.807, 2.05) is 0 Å². The number of benzene rings is 1. The number of amides is 1. The monoisotopic (exact) mass is 333 g/mol. The number of carbonyl (C=O) groups excluding carboxylic acids is 2. The van der Waals surface area contributed by atoms with E-state index in [1.165, 1.54) is 0 Å². The Morgan fingerprint density at radius 2 is 1.88 bits per heavy atom. The van der Waals surface area contributed by atoms with Crippen LogP contribution in [-0.2, 0) is 9.59 Å². The number of Topliss-reactive ketones (excluding diaryl/α,β-unsaturated/α-hetero) is 1. The number of carbonyl (C=O) groups is 3. The topological polar surface area (TPSA) is 83.9 Å². The summed E-state index contributed by atoms with van der Waals surface area (Å²) in [4.78, 5) is 37.4. The smallest absolute Gasteiger partial charge is 0.311 e. The molecule has 1 N–H and O–H groups in total. The molecule has 6 nitrogen and oxygen atoms in total. The minimum atomic E-state index is -0.895. The molecular formula is C18H23NO5. The van der Waals surface area contributed by atoms with Gasteiger partial charge in [-0.25, -0.2) is 0 Å². The molecule has 1 aromatic rings. The van der Waals surface area contributed by atoms with Gasteiger partial charge in [0.15, 0.2) is 5.78 Å². The van der Waals surface area contributed by atoms with Crippen molar-refractivity contribution in [3.8, 4) is 5.75 Å². The Morgan fingerprint density at radius 1 is 1.21 bits per heavy atom. The van der Waals surface area contributed by atoms with E-state index in [9.17, 15) is 19.5 Å². The van der Waals surface area contributed by atoms with E-state index in [4.69, 9.17) is 4.74 Å². The van der Waals surface area contributed by atoms with Gasteiger partial charge in [0.25, 0.3) is 0 Å². The van der Waals surface area contributed by atoms with Gasteiger partial charge in [0.2, 0.25) is 5.91 Å². The molecule has 6 heteroatoms. The summed E-state index contributed by atoms with van der Waals surface area (Å²) >= 11 is 0. The zero-order valence-corrected chi connectivity index (χ0v) is 14.1. The highest BCUT2D eigenvalue weighted by atomic mass is 16.5. The number of piperidine rings is 1. The van der Waals surface area contributed by atoms with Crippen LogP contribution in [0.15, 0.2) is 24.3 Å². The van der Waals surface area contributed by atoms with Gasteiger partial charge in [-0.2, -0.15) is 0 Å². The first-order valence-electron chi connectivity index (χ1n) is 8.04. The Morgan fingerprint density at radius 3 is 2.46 bits per heavy atom. The fraction of sp³-hybridized carbons (Fsp3) is 0.500. The summed E-state index contributed by atoms with van der Waals surface area (Å²) < 4.78 is 5.05. The van der Waals surface area contributed by atoms with Crippen molar-refractivity contribution in [3.05, 3.63) is 29.8 Å². The number of aliphatic carboxylic acids is 1. The normalized spacial score (nSPS) is 20.5. The number of likely N-dealkylation sites (tertiary alicyclic amines) is 1. The summed E-state index contributed by atoms with van der Waals surface area (Å²) in [5.41, 5.74) is -0.355. The van der Waals surface area contributed by atoms with E-state index >= 15 is 0 Å². The van der Waals surface area contributed by atoms with E-state index < -0.39 is 11.4 Å². The highest BCUT2D eigenvalue weighted by Crippen LogP contribution is 2.30. The molecule has 1 atom stereocenters. The molecule has 0 radical (unpaired) electrons. The summed E-state index contributed by atoms with van der Waals surface area (Å²) in [5, 5.41) is 9.30. The van der Waals surface area contributed by atoms with Crippen LogP contribution >= 0.6 is 0 Å². The predicted molar refractivity (Wildman–Crippen MR) is 88.1 cm³/mol.